The Morgan fingerprint density at radius 2 is 1.62 bits per heavy atom. The zero-order valence-electron chi connectivity index (χ0n) is 25.2. The van der Waals surface area contributed by atoms with E-state index in [9.17, 15) is 31.1 Å². The summed E-state index contributed by atoms with van der Waals surface area (Å²) in [5.41, 5.74) is 4.99. The van der Waals surface area contributed by atoms with Gasteiger partial charge in [0.05, 0.1) is 6.61 Å². The largest absolute Gasteiger partial charge is 0.490 e. The van der Waals surface area contributed by atoms with E-state index in [-0.39, 0.29) is 18.6 Å². The van der Waals surface area contributed by atoms with Crippen LogP contribution in [0.1, 0.15) is 42.4 Å². The van der Waals surface area contributed by atoms with E-state index in [0.29, 0.717) is 25.9 Å². The molecule has 1 aliphatic carbocycles. The first-order valence-corrected chi connectivity index (χ1v) is 15.4. The highest BCUT2D eigenvalue weighted by atomic mass is 35.5. The summed E-state index contributed by atoms with van der Waals surface area (Å²) >= 11 is 6.36. The maximum atomic E-state index is 13.8. The molecule has 252 valence electrons. The van der Waals surface area contributed by atoms with Crippen molar-refractivity contribution in [2.24, 2.45) is 0 Å². The van der Waals surface area contributed by atoms with E-state index in [1.807, 2.05) is 53.4 Å². The van der Waals surface area contributed by atoms with E-state index < -0.39 is 35.3 Å². The van der Waals surface area contributed by atoms with Crippen LogP contribution in [0.25, 0.3) is 5.57 Å². The summed E-state index contributed by atoms with van der Waals surface area (Å²) in [5.74, 6) is -6.72. The maximum Gasteiger partial charge on any atom is 0.490 e. The second-order valence-corrected chi connectivity index (χ2v) is 11.5. The first kappa shape index (κ1) is 35.8. The molecule has 1 saturated carbocycles. The fourth-order valence-corrected chi connectivity index (χ4v) is 5.35. The molecule has 2 N–H and O–H groups in total. The van der Waals surface area contributed by atoms with Crippen molar-refractivity contribution in [3.8, 4) is 5.75 Å². The summed E-state index contributed by atoms with van der Waals surface area (Å²) in [6, 6.07) is 17.7. The van der Waals surface area contributed by atoms with Crippen LogP contribution in [0.4, 0.5) is 26.3 Å². The minimum atomic E-state index is -5.08. The molecule has 0 aromatic heterocycles. The SMILES string of the molecule is O=C(C1=C(c2ccc(CCCOc3c(F)ccc(F)c3F)cc2)CCNC1)N(CCc1ccccc1Cl)C1CC1.O=C(O)C(F)(F)F. The van der Waals surface area contributed by atoms with Crippen LogP contribution < -0.4 is 10.1 Å². The lowest BCUT2D eigenvalue weighted by Crippen LogP contribution is -2.40. The average molecular weight is 683 g/mol. The van der Waals surface area contributed by atoms with Crippen molar-refractivity contribution in [1.29, 1.82) is 0 Å². The topological polar surface area (TPSA) is 78.9 Å². The summed E-state index contributed by atoms with van der Waals surface area (Å²) in [4.78, 5) is 24.7. The number of halogens is 7. The molecule has 0 spiro atoms. The standard InChI is InChI=1S/C32H32ClF3N2O2.C2HF3O2/c33-27-6-2-1-5-23(27)16-18-38(24-11-12-24)32(39)26-20-37-17-15-25(26)22-9-7-21(8-10-22)4-3-19-40-31-29(35)14-13-28(34)30(31)36;3-2(4,5)1(6)7/h1-2,5-10,13-14,24,37H,3-4,11-12,15-20H2;(H,6,7). The molecule has 0 saturated heterocycles. The molecule has 6 nitrogen and oxygen atoms in total. The molecule has 3 aromatic carbocycles. The van der Waals surface area contributed by atoms with Crippen LogP contribution in [0, 0.1) is 17.5 Å². The molecule has 1 amide bonds. The number of carboxylic acids is 1. The predicted molar refractivity (Wildman–Crippen MR) is 165 cm³/mol. The van der Waals surface area contributed by atoms with Crippen LogP contribution in [0.15, 0.2) is 66.2 Å². The zero-order chi connectivity index (χ0) is 34.1. The van der Waals surface area contributed by atoms with Crippen molar-refractivity contribution in [1.82, 2.24) is 10.2 Å². The van der Waals surface area contributed by atoms with Gasteiger partial charge in [-0.05, 0) is 85.5 Å². The number of aliphatic carboxylic acids is 1. The number of hydrogen-bond donors (Lipinski definition) is 2. The van der Waals surface area contributed by atoms with Gasteiger partial charge in [0, 0.05) is 29.7 Å². The van der Waals surface area contributed by atoms with Crippen molar-refractivity contribution in [2.45, 2.75) is 50.7 Å². The molecular formula is C34H33ClF6N2O4. The lowest BCUT2D eigenvalue weighted by Gasteiger charge is -2.28. The average Bonchev–Trinajstić information content (AvgIpc) is 3.89. The Morgan fingerprint density at radius 3 is 2.26 bits per heavy atom. The first-order chi connectivity index (χ1) is 22.4. The lowest BCUT2D eigenvalue weighted by molar-refractivity contribution is -0.192. The third kappa shape index (κ3) is 9.98. The number of carbonyl (C=O) groups is 2. The number of ether oxygens (including phenoxy) is 1. The third-order valence-electron chi connectivity index (χ3n) is 7.71. The Kier molecular flexibility index (Phi) is 12.3. The fraction of sp³-hybridized carbons (Fsp3) is 0.353. The Bertz CT molecular complexity index is 1590. The second-order valence-electron chi connectivity index (χ2n) is 11.1. The molecule has 0 bridgehead atoms. The highest BCUT2D eigenvalue weighted by Gasteiger charge is 2.38. The molecule has 0 radical (unpaired) electrons. The zero-order valence-corrected chi connectivity index (χ0v) is 25.9. The summed E-state index contributed by atoms with van der Waals surface area (Å²) in [5, 5.41) is 11.2. The predicted octanol–water partition coefficient (Wildman–Crippen LogP) is 7.38. The number of hydrogen-bond acceptors (Lipinski definition) is 4. The molecular weight excluding hydrogens is 650 g/mol. The lowest BCUT2D eigenvalue weighted by atomic mass is 9.92. The molecule has 1 heterocycles. The number of aryl methyl sites for hydroxylation is 1. The number of carboxylic acid groups (broad SMARTS) is 1. The summed E-state index contributed by atoms with van der Waals surface area (Å²) in [7, 11) is 0. The van der Waals surface area contributed by atoms with E-state index in [4.69, 9.17) is 26.2 Å². The Morgan fingerprint density at radius 1 is 0.957 bits per heavy atom. The van der Waals surface area contributed by atoms with Crippen molar-refractivity contribution >= 4 is 29.1 Å². The van der Waals surface area contributed by atoms with E-state index in [1.165, 1.54) is 0 Å². The Hall–Kier alpha value is -4.03. The summed E-state index contributed by atoms with van der Waals surface area (Å²) in [6.45, 7) is 2.03. The van der Waals surface area contributed by atoms with Crippen LogP contribution in [-0.2, 0) is 22.4 Å². The number of nitrogens with one attached hydrogen (secondary N) is 1. The minimum absolute atomic E-state index is 0.0553. The van der Waals surface area contributed by atoms with Gasteiger partial charge in [-0.3, -0.25) is 4.79 Å². The van der Waals surface area contributed by atoms with Gasteiger partial charge >= 0.3 is 12.1 Å². The van der Waals surface area contributed by atoms with Crippen molar-refractivity contribution < 1.29 is 45.8 Å². The van der Waals surface area contributed by atoms with Crippen LogP contribution in [0.2, 0.25) is 5.02 Å². The molecule has 1 fully saturated rings. The van der Waals surface area contributed by atoms with E-state index in [0.717, 1.165) is 77.2 Å². The van der Waals surface area contributed by atoms with Crippen molar-refractivity contribution in [3.05, 3.63) is 105 Å². The highest BCUT2D eigenvalue weighted by Crippen LogP contribution is 2.32. The molecule has 5 rings (SSSR count). The number of carbonyl (C=O) groups excluding carboxylic acids is 1. The van der Waals surface area contributed by atoms with Crippen molar-refractivity contribution in [3.63, 3.8) is 0 Å². The van der Waals surface area contributed by atoms with Gasteiger partial charge in [0.25, 0.3) is 5.91 Å². The Labute approximate surface area is 273 Å². The summed E-state index contributed by atoms with van der Waals surface area (Å²) < 4.78 is 77.8. The number of rotatable bonds is 11. The van der Waals surface area contributed by atoms with E-state index in [1.54, 1.807) is 0 Å². The van der Waals surface area contributed by atoms with E-state index in [2.05, 4.69) is 5.32 Å². The Balaban J connectivity index is 0.000000644. The van der Waals surface area contributed by atoms with Gasteiger partial charge in [-0.2, -0.15) is 17.6 Å². The highest BCUT2D eigenvalue weighted by molar-refractivity contribution is 6.31. The van der Waals surface area contributed by atoms with Gasteiger partial charge in [-0.25, -0.2) is 13.6 Å². The molecule has 0 unspecified atom stereocenters. The molecule has 13 heteroatoms. The second kappa shape index (κ2) is 16.2. The third-order valence-corrected chi connectivity index (χ3v) is 8.08. The number of benzene rings is 3. The smallest absolute Gasteiger partial charge is 0.488 e. The minimum Gasteiger partial charge on any atom is -0.488 e. The van der Waals surface area contributed by atoms with Crippen molar-refractivity contribution in [2.75, 3.05) is 26.2 Å². The number of amides is 1. The fourth-order valence-electron chi connectivity index (χ4n) is 5.12. The normalized spacial score (nSPS) is 14.7. The summed E-state index contributed by atoms with van der Waals surface area (Å²) in [6.07, 6.45) is -0.408. The van der Waals surface area contributed by atoms with Crippen LogP contribution in [0.3, 0.4) is 0 Å². The molecule has 1 aliphatic heterocycles. The molecule has 0 atom stereocenters. The van der Waals surface area contributed by atoms with Crippen LogP contribution in [-0.4, -0.2) is 60.3 Å². The monoisotopic (exact) mass is 682 g/mol. The van der Waals surface area contributed by atoms with E-state index >= 15 is 0 Å². The molecule has 2 aliphatic rings. The molecule has 47 heavy (non-hydrogen) atoms. The van der Waals surface area contributed by atoms with Gasteiger partial charge in [0.1, 0.15) is 0 Å². The van der Waals surface area contributed by atoms with Crippen LogP contribution in [0.5, 0.6) is 5.75 Å². The number of nitrogens with zero attached hydrogens (tertiary/aromatic N) is 1. The van der Waals surface area contributed by atoms with Gasteiger partial charge in [-0.1, -0.05) is 54.1 Å². The first-order valence-electron chi connectivity index (χ1n) is 15.0. The molecule has 3 aromatic rings. The number of alkyl halides is 3. The van der Waals surface area contributed by atoms with Gasteiger partial charge < -0.3 is 20.1 Å². The van der Waals surface area contributed by atoms with Crippen LogP contribution >= 0.6 is 11.6 Å². The quantitative estimate of drug-likeness (QED) is 0.125. The van der Waals surface area contributed by atoms with Gasteiger partial charge in [-0.15, -0.1) is 0 Å². The maximum absolute atomic E-state index is 13.8. The van der Waals surface area contributed by atoms with Gasteiger partial charge in [0.2, 0.25) is 5.82 Å². The van der Waals surface area contributed by atoms with Gasteiger partial charge in [0.15, 0.2) is 17.4 Å².